The molecule has 1 aromatic carbocycles. The predicted octanol–water partition coefficient (Wildman–Crippen LogP) is 3.77. The number of hydrogen-bond donors (Lipinski definition) is 0. The number of rotatable bonds is 4. The quantitative estimate of drug-likeness (QED) is 0.641. The van der Waals surface area contributed by atoms with Crippen molar-refractivity contribution >= 4 is 33.3 Å². The highest BCUT2D eigenvalue weighted by molar-refractivity contribution is 7.21. The van der Waals surface area contributed by atoms with Gasteiger partial charge in [0.1, 0.15) is 0 Å². The molecule has 1 unspecified atom stereocenters. The van der Waals surface area contributed by atoms with Gasteiger partial charge in [-0.3, -0.25) is 4.79 Å². The second kappa shape index (κ2) is 8.70. The first-order chi connectivity index (χ1) is 14.8. The molecule has 1 amide bonds. The van der Waals surface area contributed by atoms with Gasteiger partial charge >= 0.3 is 0 Å². The fourth-order valence-electron chi connectivity index (χ4n) is 4.54. The highest BCUT2D eigenvalue weighted by Gasteiger charge is 2.30. The van der Waals surface area contributed by atoms with Gasteiger partial charge in [0.05, 0.1) is 18.1 Å². The number of thiophene rings is 1. The van der Waals surface area contributed by atoms with Crippen LogP contribution in [0.15, 0.2) is 42.7 Å². The van der Waals surface area contributed by atoms with Gasteiger partial charge in [-0.05, 0) is 48.8 Å². The van der Waals surface area contributed by atoms with E-state index in [9.17, 15) is 4.79 Å². The summed E-state index contributed by atoms with van der Waals surface area (Å²) in [7, 11) is 0. The molecule has 0 saturated carbocycles. The molecule has 0 bridgehead atoms. The fraction of sp³-hybridized carbons (Fsp3) is 0.435. The van der Waals surface area contributed by atoms with Crippen molar-refractivity contribution in [2.24, 2.45) is 0 Å². The molecule has 30 heavy (non-hydrogen) atoms. The number of carbonyl (C=O) groups excluding carboxylic acids is 1. The highest BCUT2D eigenvalue weighted by atomic mass is 32.1. The molecule has 2 aliphatic heterocycles. The Morgan fingerprint density at radius 1 is 1.07 bits per heavy atom. The zero-order chi connectivity index (χ0) is 20.3. The van der Waals surface area contributed by atoms with E-state index in [0.29, 0.717) is 32.3 Å². The molecule has 5 rings (SSSR count). The van der Waals surface area contributed by atoms with Crippen molar-refractivity contribution in [3.8, 4) is 0 Å². The minimum absolute atomic E-state index is 0.146. The zero-order valence-corrected chi connectivity index (χ0v) is 17.8. The Bertz CT molecular complexity index is 1020. The van der Waals surface area contributed by atoms with Crippen LogP contribution in [0, 0.1) is 0 Å². The van der Waals surface area contributed by atoms with Crippen molar-refractivity contribution in [3.63, 3.8) is 0 Å². The SMILES string of the molecule is O=C(c1sc2ccccc2c1CC1CCCCN1c1ncccn1)N1CCOCC1. The van der Waals surface area contributed by atoms with Crippen LogP contribution in [-0.2, 0) is 11.2 Å². The van der Waals surface area contributed by atoms with Crippen LogP contribution < -0.4 is 4.90 Å². The largest absolute Gasteiger partial charge is 0.378 e. The highest BCUT2D eigenvalue weighted by Crippen LogP contribution is 2.35. The van der Waals surface area contributed by atoms with Crippen molar-refractivity contribution in [2.45, 2.75) is 31.7 Å². The van der Waals surface area contributed by atoms with Crippen molar-refractivity contribution in [3.05, 3.63) is 53.2 Å². The number of piperidine rings is 1. The van der Waals surface area contributed by atoms with E-state index in [4.69, 9.17) is 4.74 Å². The monoisotopic (exact) mass is 422 g/mol. The van der Waals surface area contributed by atoms with Gasteiger partial charge in [0.15, 0.2) is 0 Å². The minimum Gasteiger partial charge on any atom is -0.378 e. The van der Waals surface area contributed by atoms with Crippen LogP contribution in [0.4, 0.5) is 5.95 Å². The average molecular weight is 423 g/mol. The maximum atomic E-state index is 13.4. The number of nitrogens with zero attached hydrogens (tertiary/aromatic N) is 4. The first kappa shape index (κ1) is 19.5. The van der Waals surface area contributed by atoms with Crippen LogP contribution in [0.5, 0.6) is 0 Å². The van der Waals surface area contributed by atoms with E-state index in [1.165, 1.54) is 22.1 Å². The first-order valence-corrected chi connectivity index (χ1v) is 11.5. The lowest BCUT2D eigenvalue weighted by molar-refractivity contribution is 0.0305. The molecular weight excluding hydrogens is 396 g/mol. The lowest BCUT2D eigenvalue weighted by Crippen LogP contribution is -2.43. The second-order valence-corrected chi connectivity index (χ2v) is 8.96. The van der Waals surface area contributed by atoms with Gasteiger partial charge < -0.3 is 14.5 Å². The lowest BCUT2D eigenvalue weighted by atomic mass is 9.94. The maximum Gasteiger partial charge on any atom is 0.264 e. The number of carbonyl (C=O) groups is 1. The summed E-state index contributed by atoms with van der Waals surface area (Å²) in [5.41, 5.74) is 1.18. The number of aromatic nitrogens is 2. The summed E-state index contributed by atoms with van der Waals surface area (Å²) in [6.45, 7) is 3.53. The summed E-state index contributed by atoms with van der Waals surface area (Å²) in [4.78, 5) is 27.6. The number of hydrogen-bond acceptors (Lipinski definition) is 6. The van der Waals surface area contributed by atoms with E-state index < -0.39 is 0 Å². The number of morpholine rings is 1. The Kier molecular flexibility index (Phi) is 5.64. The molecule has 2 fully saturated rings. The van der Waals surface area contributed by atoms with E-state index in [-0.39, 0.29) is 5.91 Å². The third kappa shape index (κ3) is 3.79. The summed E-state index contributed by atoms with van der Waals surface area (Å²) in [6.07, 6.45) is 7.89. The van der Waals surface area contributed by atoms with Crippen molar-refractivity contribution < 1.29 is 9.53 Å². The Morgan fingerprint density at radius 2 is 1.87 bits per heavy atom. The summed E-state index contributed by atoms with van der Waals surface area (Å²) in [5, 5.41) is 1.21. The summed E-state index contributed by atoms with van der Waals surface area (Å²) >= 11 is 1.63. The van der Waals surface area contributed by atoms with Crippen LogP contribution in [0.3, 0.4) is 0 Å². The van der Waals surface area contributed by atoms with Crippen LogP contribution in [0.25, 0.3) is 10.1 Å². The Morgan fingerprint density at radius 3 is 2.70 bits per heavy atom. The third-order valence-corrected chi connectivity index (χ3v) is 7.27. The van der Waals surface area contributed by atoms with E-state index in [1.807, 2.05) is 11.0 Å². The van der Waals surface area contributed by atoms with Crippen molar-refractivity contribution in [1.82, 2.24) is 14.9 Å². The summed E-state index contributed by atoms with van der Waals surface area (Å²) in [6, 6.07) is 10.6. The molecule has 0 spiro atoms. The number of ether oxygens (including phenoxy) is 1. The van der Waals surface area contributed by atoms with Crippen LogP contribution in [0.2, 0.25) is 0 Å². The van der Waals surface area contributed by atoms with Crippen molar-refractivity contribution in [2.75, 3.05) is 37.7 Å². The minimum atomic E-state index is 0.146. The number of benzene rings is 1. The Labute approximate surface area is 180 Å². The maximum absolute atomic E-state index is 13.4. The molecule has 3 aromatic rings. The van der Waals surface area contributed by atoms with Crippen LogP contribution >= 0.6 is 11.3 Å². The number of amides is 1. The third-order valence-electron chi connectivity index (χ3n) is 6.07. The molecule has 2 aromatic heterocycles. The molecule has 2 saturated heterocycles. The molecule has 2 aliphatic rings. The first-order valence-electron chi connectivity index (χ1n) is 10.7. The molecule has 4 heterocycles. The van der Waals surface area contributed by atoms with Gasteiger partial charge in [-0.1, -0.05) is 18.2 Å². The molecule has 6 nitrogen and oxygen atoms in total. The molecule has 0 radical (unpaired) electrons. The van der Waals surface area contributed by atoms with Gasteiger partial charge in [-0.15, -0.1) is 11.3 Å². The standard InChI is InChI=1S/C23H26N4O2S/c28-22(26-12-14-29-15-13-26)21-19(18-7-1-2-8-20(18)30-21)16-17-6-3-4-11-27(17)23-24-9-5-10-25-23/h1-2,5,7-10,17H,3-4,6,11-16H2. The number of anilines is 1. The molecule has 156 valence electrons. The fourth-order valence-corrected chi connectivity index (χ4v) is 5.74. The van der Waals surface area contributed by atoms with E-state index in [2.05, 4.69) is 39.1 Å². The topological polar surface area (TPSA) is 58.6 Å². The smallest absolute Gasteiger partial charge is 0.264 e. The van der Waals surface area contributed by atoms with Crippen LogP contribution in [0.1, 0.15) is 34.5 Å². The number of fused-ring (bicyclic) bond motifs is 1. The predicted molar refractivity (Wildman–Crippen MR) is 119 cm³/mol. The molecular formula is C23H26N4O2S. The van der Waals surface area contributed by atoms with E-state index >= 15 is 0 Å². The van der Waals surface area contributed by atoms with Crippen molar-refractivity contribution in [1.29, 1.82) is 0 Å². The van der Waals surface area contributed by atoms with Crippen LogP contribution in [-0.4, -0.2) is 59.7 Å². The van der Waals surface area contributed by atoms with Gasteiger partial charge in [0, 0.05) is 42.8 Å². The summed E-state index contributed by atoms with van der Waals surface area (Å²) in [5.74, 6) is 0.940. The molecule has 0 N–H and O–H groups in total. The lowest BCUT2D eigenvalue weighted by Gasteiger charge is -2.36. The normalized spacial score (nSPS) is 19.9. The van der Waals surface area contributed by atoms with Gasteiger partial charge in [0.2, 0.25) is 5.95 Å². The second-order valence-electron chi connectivity index (χ2n) is 7.91. The van der Waals surface area contributed by atoms with Gasteiger partial charge in [0.25, 0.3) is 5.91 Å². The van der Waals surface area contributed by atoms with Gasteiger partial charge in [-0.2, -0.15) is 0 Å². The molecule has 0 aliphatic carbocycles. The zero-order valence-electron chi connectivity index (χ0n) is 17.0. The molecule has 1 atom stereocenters. The average Bonchev–Trinajstić information content (AvgIpc) is 3.18. The van der Waals surface area contributed by atoms with Gasteiger partial charge in [-0.25, -0.2) is 9.97 Å². The van der Waals surface area contributed by atoms with E-state index in [1.54, 1.807) is 23.7 Å². The van der Waals surface area contributed by atoms with E-state index in [0.717, 1.165) is 36.6 Å². The summed E-state index contributed by atoms with van der Waals surface area (Å²) < 4.78 is 6.63. The molecule has 7 heteroatoms. The Balaban J connectivity index is 1.50. The Hall–Kier alpha value is -2.51.